The number of rotatable bonds is 2. The predicted molar refractivity (Wildman–Crippen MR) is 99.2 cm³/mol. The van der Waals surface area contributed by atoms with Crippen LogP contribution in [-0.4, -0.2) is 15.3 Å². The molecule has 1 amide bonds. The number of pyridine rings is 1. The molecule has 0 spiro atoms. The summed E-state index contributed by atoms with van der Waals surface area (Å²) >= 11 is 1.42. The van der Waals surface area contributed by atoms with Gasteiger partial charge in [0, 0.05) is 11.9 Å². The van der Waals surface area contributed by atoms with Crippen molar-refractivity contribution in [3.05, 3.63) is 64.2 Å². The fourth-order valence-electron chi connectivity index (χ4n) is 3.12. The molecule has 0 saturated heterocycles. The van der Waals surface area contributed by atoms with Crippen LogP contribution in [0.3, 0.4) is 0 Å². The number of aryl methyl sites for hydroxylation is 3. The summed E-state index contributed by atoms with van der Waals surface area (Å²) in [6, 6.07) is 12.0. The minimum absolute atomic E-state index is 0.0854. The van der Waals surface area contributed by atoms with Gasteiger partial charge >= 0.3 is 0 Å². The maximum atomic E-state index is 12.7. The highest BCUT2D eigenvalue weighted by Gasteiger charge is 2.16. The van der Waals surface area contributed by atoms with Gasteiger partial charge in [0.25, 0.3) is 5.91 Å². The van der Waals surface area contributed by atoms with Crippen molar-refractivity contribution in [2.24, 2.45) is 0 Å². The van der Waals surface area contributed by atoms with Gasteiger partial charge in [-0.15, -0.1) is 11.3 Å². The molecule has 120 valence electrons. The molecule has 0 bridgehead atoms. The third kappa shape index (κ3) is 2.37. The number of aromatic nitrogens is 2. The number of benzene rings is 1. The second-order valence-corrected chi connectivity index (χ2v) is 7.10. The number of nitrogens with one attached hydrogen (secondary N) is 1. The molecule has 24 heavy (non-hydrogen) atoms. The molecule has 4 aromatic rings. The van der Waals surface area contributed by atoms with Gasteiger partial charge in [-0.05, 0) is 50.1 Å². The van der Waals surface area contributed by atoms with E-state index in [1.165, 1.54) is 16.9 Å². The van der Waals surface area contributed by atoms with Gasteiger partial charge in [0.15, 0.2) is 0 Å². The molecule has 4 rings (SSSR count). The van der Waals surface area contributed by atoms with E-state index < -0.39 is 0 Å². The molecule has 1 aromatic carbocycles. The fourth-order valence-corrected chi connectivity index (χ4v) is 4.05. The quantitative estimate of drug-likeness (QED) is 0.576. The standard InChI is InChI=1S/C19H17N3OS/c1-11-8-12(2)17(13(3)9-11)21-18(23)15-10-14-19(24-15)20-16-6-4-5-7-22(14)16/h4-10H,1-3H3,(H,21,23). The monoisotopic (exact) mass is 335 g/mol. The Hall–Kier alpha value is -2.66. The molecular weight excluding hydrogens is 318 g/mol. The van der Waals surface area contributed by atoms with E-state index >= 15 is 0 Å². The summed E-state index contributed by atoms with van der Waals surface area (Å²) in [5, 5.41) is 3.06. The van der Waals surface area contributed by atoms with Crippen LogP contribution < -0.4 is 5.32 Å². The van der Waals surface area contributed by atoms with E-state index in [9.17, 15) is 4.79 Å². The smallest absolute Gasteiger partial charge is 0.265 e. The van der Waals surface area contributed by atoms with Crippen molar-refractivity contribution in [3.63, 3.8) is 0 Å². The number of thiophene rings is 1. The second-order valence-electron chi connectivity index (χ2n) is 6.07. The van der Waals surface area contributed by atoms with Crippen molar-refractivity contribution >= 4 is 38.9 Å². The molecule has 3 heterocycles. The van der Waals surface area contributed by atoms with Crippen molar-refractivity contribution in [1.82, 2.24) is 9.38 Å². The summed E-state index contributed by atoms with van der Waals surface area (Å²) in [6.07, 6.45) is 1.97. The lowest BCUT2D eigenvalue weighted by Gasteiger charge is -2.12. The van der Waals surface area contributed by atoms with E-state index in [2.05, 4.69) is 29.4 Å². The molecule has 0 radical (unpaired) electrons. The van der Waals surface area contributed by atoms with Crippen LogP contribution in [0.15, 0.2) is 42.6 Å². The Morgan fingerprint density at radius 2 is 1.88 bits per heavy atom. The van der Waals surface area contributed by atoms with Gasteiger partial charge in [-0.2, -0.15) is 0 Å². The van der Waals surface area contributed by atoms with Gasteiger partial charge in [-0.1, -0.05) is 23.8 Å². The molecule has 0 unspecified atom stereocenters. The fraction of sp³-hybridized carbons (Fsp3) is 0.158. The molecule has 5 heteroatoms. The summed E-state index contributed by atoms with van der Waals surface area (Å²) < 4.78 is 2.00. The Kier molecular flexibility index (Phi) is 3.39. The number of hydrogen-bond donors (Lipinski definition) is 1. The lowest BCUT2D eigenvalue weighted by atomic mass is 10.1. The summed E-state index contributed by atoms with van der Waals surface area (Å²) in [5.41, 5.74) is 6.12. The van der Waals surface area contributed by atoms with Crippen LogP contribution in [0.5, 0.6) is 0 Å². The van der Waals surface area contributed by atoms with E-state index in [-0.39, 0.29) is 5.91 Å². The van der Waals surface area contributed by atoms with E-state index in [1.807, 2.05) is 48.7 Å². The highest BCUT2D eigenvalue weighted by molar-refractivity contribution is 7.20. The van der Waals surface area contributed by atoms with Crippen molar-refractivity contribution in [2.45, 2.75) is 20.8 Å². The third-order valence-electron chi connectivity index (χ3n) is 4.15. The first-order valence-corrected chi connectivity index (χ1v) is 8.60. The maximum Gasteiger partial charge on any atom is 0.265 e. The minimum Gasteiger partial charge on any atom is -0.321 e. The average molecular weight is 335 g/mol. The molecule has 0 atom stereocenters. The van der Waals surface area contributed by atoms with E-state index in [0.29, 0.717) is 4.88 Å². The number of fused-ring (bicyclic) bond motifs is 3. The van der Waals surface area contributed by atoms with Crippen LogP contribution in [0.25, 0.3) is 16.0 Å². The van der Waals surface area contributed by atoms with Gasteiger partial charge in [-0.25, -0.2) is 4.98 Å². The number of carbonyl (C=O) groups is 1. The number of nitrogens with zero attached hydrogens (tertiary/aromatic N) is 2. The molecule has 0 aliphatic carbocycles. The maximum absolute atomic E-state index is 12.7. The van der Waals surface area contributed by atoms with Gasteiger partial charge < -0.3 is 5.32 Å². The molecule has 4 nitrogen and oxygen atoms in total. The SMILES string of the molecule is Cc1cc(C)c(NC(=O)c2cc3c(nc4ccccn43)s2)c(C)c1. The van der Waals surface area contributed by atoms with Crippen LogP contribution in [0.4, 0.5) is 5.69 Å². The molecule has 0 fully saturated rings. The number of amides is 1. The Labute approximate surface area is 143 Å². The summed E-state index contributed by atoms with van der Waals surface area (Å²) in [5.74, 6) is -0.0854. The van der Waals surface area contributed by atoms with Crippen molar-refractivity contribution < 1.29 is 4.79 Å². The Bertz CT molecular complexity index is 1070. The first-order valence-electron chi connectivity index (χ1n) is 7.79. The normalized spacial score (nSPS) is 11.3. The zero-order valence-corrected chi connectivity index (χ0v) is 14.6. The first kappa shape index (κ1) is 14.9. The van der Waals surface area contributed by atoms with Crippen molar-refractivity contribution in [2.75, 3.05) is 5.32 Å². The van der Waals surface area contributed by atoms with E-state index in [0.717, 1.165) is 32.8 Å². The number of hydrogen-bond acceptors (Lipinski definition) is 3. The predicted octanol–water partition coefficient (Wildman–Crippen LogP) is 4.73. The van der Waals surface area contributed by atoms with Gasteiger partial charge in [0.1, 0.15) is 10.5 Å². The molecule has 0 saturated carbocycles. The van der Waals surface area contributed by atoms with Crippen LogP contribution in [-0.2, 0) is 0 Å². The summed E-state index contributed by atoms with van der Waals surface area (Å²) in [7, 11) is 0. The molecule has 1 N–H and O–H groups in total. The lowest BCUT2D eigenvalue weighted by molar-refractivity contribution is 0.103. The summed E-state index contributed by atoms with van der Waals surface area (Å²) in [4.78, 5) is 18.8. The van der Waals surface area contributed by atoms with Crippen molar-refractivity contribution in [1.29, 1.82) is 0 Å². The zero-order chi connectivity index (χ0) is 16.8. The topological polar surface area (TPSA) is 46.4 Å². The summed E-state index contributed by atoms with van der Waals surface area (Å²) in [6.45, 7) is 6.10. The van der Waals surface area contributed by atoms with Crippen LogP contribution in [0.1, 0.15) is 26.4 Å². The molecule has 0 aliphatic heterocycles. The van der Waals surface area contributed by atoms with Crippen LogP contribution in [0, 0.1) is 20.8 Å². The minimum atomic E-state index is -0.0854. The number of anilines is 1. The highest BCUT2D eigenvalue weighted by atomic mass is 32.1. The van der Waals surface area contributed by atoms with Crippen molar-refractivity contribution in [3.8, 4) is 0 Å². The van der Waals surface area contributed by atoms with Gasteiger partial charge in [-0.3, -0.25) is 9.20 Å². The highest BCUT2D eigenvalue weighted by Crippen LogP contribution is 2.28. The Morgan fingerprint density at radius 1 is 1.12 bits per heavy atom. The van der Waals surface area contributed by atoms with Gasteiger partial charge in [0.2, 0.25) is 0 Å². The zero-order valence-electron chi connectivity index (χ0n) is 13.8. The third-order valence-corrected chi connectivity index (χ3v) is 5.16. The second kappa shape index (κ2) is 5.46. The molecule has 0 aliphatic rings. The molecule has 3 aromatic heterocycles. The van der Waals surface area contributed by atoms with E-state index in [1.54, 1.807) is 0 Å². The molecular formula is C19H17N3OS. The van der Waals surface area contributed by atoms with Crippen LogP contribution in [0.2, 0.25) is 0 Å². The Balaban J connectivity index is 1.71. The largest absolute Gasteiger partial charge is 0.321 e. The van der Waals surface area contributed by atoms with Gasteiger partial charge in [0.05, 0.1) is 10.4 Å². The lowest BCUT2D eigenvalue weighted by Crippen LogP contribution is -2.12. The number of imidazole rings is 1. The average Bonchev–Trinajstić information content (AvgIpc) is 3.08. The number of carbonyl (C=O) groups excluding carboxylic acids is 1. The van der Waals surface area contributed by atoms with E-state index in [4.69, 9.17) is 0 Å². The first-order chi connectivity index (χ1) is 11.5. The van der Waals surface area contributed by atoms with Crippen LogP contribution >= 0.6 is 11.3 Å². The Morgan fingerprint density at radius 3 is 2.62 bits per heavy atom.